The van der Waals surface area contributed by atoms with Gasteiger partial charge in [0, 0.05) is 21.8 Å². The first-order chi connectivity index (χ1) is 18.2. The maximum absolute atomic E-state index is 12.6. The predicted molar refractivity (Wildman–Crippen MR) is 146 cm³/mol. The largest absolute Gasteiger partial charge is 0.422 e. The Kier molecular flexibility index (Phi) is 8.20. The number of hydrogen-bond acceptors (Lipinski definition) is 6. The maximum Gasteiger partial charge on any atom is 0.343 e. The molecule has 4 rings (SSSR count). The number of benzene rings is 4. The molecule has 0 fully saturated rings. The fourth-order valence-corrected chi connectivity index (χ4v) is 4.46. The molecule has 8 nitrogen and oxygen atoms in total. The zero-order valence-electron chi connectivity index (χ0n) is 20.1. The molecule has 0 bridgehead atoms. The first-order valence-corrected chi connectivity index (χ1v) is 13.2. The summed E-state index contributed by atoms with van der Waals surface area (Å²) in [5.41, 5.74) is 4.72. The van der Waals surface area contributed by atoms with Crippen molar-refractivity contribution in [3.8, 4) is 5.75 Å². The van der Waals surface area contributed by atoms with Gasteiger partial charge >= 0.3 is 5.97 Å². The lowest BCUT2D eigenvalue weighted by Gasteiger charge is -2.09. The summed E-state index contributed by atoms with van der Waals surface area (Å²) in [5, 5.41) is 4.46. The Morgan fingerprint density at radius 2 is 1.47 bits per heavy atom. The maximum atomic E-state index is 12.6. The van der Waals surface area contributed by atoms with Gasteiger partial charge in [0.2, 0.25) is 0 Å². The molecule has 0 heterocycles. The molecular weight excluding hydrogens is 526 g/mol. The number of carbonyl (C=O) groups is 2. The van der Waals surface area contributed by atoms with Crippen LogP contribution < -0.4 is 14.9 Å². The third kappa shape index (κ3) is 6.84. The van der Waals surface area contributed by atoms with Gasteiger partial charge in [-0.1, -0.05) is 41.4 Å². The van der Waals surface area contributed by atoms with Gasteiger partial charge in [-0.2, -0.15) is 5.10 Å². The van der Waals surface area contributed by atoms with Crippen molar-refractivity contribution in [3.63, 3.8) is 0 Å². The molecule has 2 N–H and O–H groups in total. The minimum Gasteiger partial charge on any atom is -0.422 e. The van der Waals surface area contributed by atoms with Gasteiger partial charge in [0.25, 0.3) is 15.9 Å². The fourth-order valence-electron chi connectivity index (χ4n) is 3.27. The van der Waals surface area contributed by atoms with Crippen molar-refractivity contribution in [2.45, 2.75) is 11.8 Å². The normalized spacial score (nSPS) is 11.2. The number of esters is 1. The van der Waals surface area contributed by atoms with E-state index in [0.717, 1.165) is 5.56 Å². The van der Waals surface area contributed by atoms with E-state index >= 15 is 0 Å². The molecule has 0 saturated carbocycles. The van der Waals surface area contributed by atoms with E-state index in [1.54, 1.807) is 60.7 Å². The third-order valence-electron chi connectivity index (χ3n) is 5.30. The second kappa shape index (κ2) is 11.7. The molecule has 10 heteroatoms. The van der Waals surface area contributed by atoms with Crippen molar-refractivity contribution in [1.29, 1.82) is 0 Å². The molecule has 0 aliphatic carbocycles. The van der Waals surface area contributed by atoms with Crippen molar-refractivity contribution in [1.82, 2.24) is 5.43 Å². The van der Waals surface area contributed by atoms with Gasteiger partial charge in [0.05, 0.1) is 16.7 Å². The van der Waals surface area contributed by atoms with Crippen molar-refractivity contribution in [2.75, 3.05) is 4.72 Å². The minimum absolute atomic E-state index is 0.137. The van der Waals surface area contributed by atoms with Gasteiger partial charge in [0.1, 0.15) is 5.75 Å². The Morgan fingerprint density at radius 3 is 2.16 bits per heavy atom. The van der Waals surface area contributed by atoms with E-state index in [1.165, 1.54) is 42.6 Å². The molecule has 0 saturated heterocycles. The number of sulfonamides is 1. The molecule has 192 valence electrons. The van der Waals surface area contributed by atoms with E-state index in [9.17, 15) is 18.0 Å². The van der Waals surface area contributed by atoms with E-state index in [1.807, 2.05) is 6.92 Å². The van der Waals surface area contributed by atoms with Crippen LogP contribution >= 0.6 is 11.6 Å². The number of rotatable bonds is 8. The number of ether oxygens (including phenoxy) is 1. The third-order valence-corrected chi connectivity index (χ3v) is 6.95. The van der Waals surface area contributed by atoms with Gasteiger partial charge in [0.15, 0.2) is 0 Å². The summed E-state index contributed by atoms with van der Waals surface area (Å²) in [4.78, 5) is 25.1. The number of amides is 1. The van der Waals surface area contributed by atoms with E-state index in [-0.39, 0.29) is 16.2 Å². The molecule has 1 amide bonds. The topological polar surface area (TPSA) is 114 Å². The van der Waals surface area contributed by atoms with Crippen molar-refractivity contribution in [2.24, 2.45) is 5.10 Å². The Hall–Kier alpha value is -4.47. The van der Waals surface area contributed by atoms with Crippen LogP contribution in [0.15, 0.2) is 107 Å². The van der Waals surface area contributed by atoms with Gasteiger partial charge in [-0.3, -0.25) is 9.52 Å². The summed E-state index contributed by atoms with van der Waals surface area (Å²) < 4.78 is 33.0. The molecule has 0 radical (unpaired) electrons. The second-order valence-electron chi connectivity index (χ2n) is 8.13. The summed E-state index contributed by atoms with van der Waals surface area (Å²) in [6.07, 6.45) is 1.35. The average Bonchev–Trinajstić information content (AvgIpc) is 2.90. The van der Waals surface area contributed by atoms with Crippen LogP contribution in [-0.4, -0.2) is 26.5 Å². The molecule has 4 aromatic rings. The Balaban J connectivity index is 1.37. The van der Waals surface area contributed by atoms with Gasteiger partial charge in [-0.25, -0.2) is 18.6 Å². The van der Waals surface area contributed by atoms with Gasteiger partial charge < -0.3 is 4.74 Å². The molecule has 0 spiro atoms. The van der Waals surface area contributed by atoms with Crippen LogP contribution in [0.2, 0.25) is 5.02 Å². The lowest BCUT2D eigenvalue weighted by molar-refractivity contribution is 0.0734. The molecule has 0 aliphatic heterocycles. The average molecular weight is 548 g/mol. The van der Waals surface area contributed by atoms with Crippen LogP contribution in [-0.2, 0) is 10.0 Å². The monoisotopic (exact) mass is 547 g/mol. The number of hydrogen-bond donors (Lipinski definition) is 2. The number of para-hydroxylation sites is 1. The molecule has 0 atom stereocenters. The lowest BCUT2D eigenvalue weighted by Crippen LogP contribution is -2.18. The van der Waals surface area contributed by atoms with Gasteiger partial charge in [-0.15, -0.1) is 0 Å². The highest BCUT2D eigenvalue weighted by molar-refractivity contribution is 7.92. The number of hydrazone groups is 1. The SMILES string of the molecule is Cc1ccc(S(=O)(=O)Nc2ccc(C(=O)N/N=C/c3ccccc3OC(=O)c3ccc(Cl)cc3)cc2)cc1. The summed E-state index contributed by atoms with van der Waals surface area (Å²) >= 11 is 5.86. The number of carbonyl (C=O) groups excluding carboxylic acids is 2. The van der Waals surface area contributed by atoms with Crippen LogP contribution in [0, 0.1) is 6.92 Å². The molecular formula is C28H22ClN3O5S. The summed E-state index contributed by atoms with van der Waals surface area (Å²) in [6, 6.07) is 25.4. The van der Waals surface area contributed by atoms with Crippen molar-refractivity contribution < 1.29 is 22.7 Å². The summed E-state index contributed by atoms with van der Waals surface area (Å²) in [7, 11) is -3.76. The number of nitrogens with one attached hydrogen (secondary N) is 2. The molecule has 0 aliphatic rings. The Morgan fingerprint density at radius 1 is 0.842 bits per heavy atom. The molecule has 0 unspecified atom stereocenters. The first kappa shape index (κ1) is 26.6. The Labute approximate surface area is 225 Å². The predicted octanol–water partition coefficient (Wildman–Crippen LogP) is 5.43. The molecule has 4 aromatic carbocycles. The van der Waals surface area contributed by atoms with E-state index in [4.69, 9.17) is 16.3 Å². The fraction of sp³-hybridized carbons (Fsp3) is 0.0357. The summed E-state index contributed by atoms with van der Waals surface area (Å²) in [5.74, 6) is -0.815. The zero-order valence-corrected chi connectivity index (χ0v) is 21.7. The minimum atomic E-state index is -3.76. The number of aryl methyl sites for hydroxylation is 1. The van der Waals surface area contributed by atoms with Crippen LogP contribution in [0.25, 0.3) is 0 Å². The highest BCUT2D eigenvalue weighted by atomic mass is 35.5. The second-order valence-corrected chi connectivity index (χ2v) is 10.2. The van der Waals surface area contributed by atoms with Crippen molar-refractivity contribution in [3.05, 3.63) is 124 Å². The van der Waals surface area contributed by atoms with Crippen LogP contribution in [0.4, 0.5) is 5.69 Å². The van der Waals surface area contributed by atoms with Crippen molar-refractivity contribution >= 4 is 45.4 Å². The van der Waals surface area contributed by atoms with E-state index in [2.05, 4.69) is 15.2 Å². The quantitative estimate of drug-likeness (QED) is 0.132. The smallest absolute Gasteiger partial charge is 0.343 e. The van der Waals surface area contributed by atoms with Gasteiger partial charge in [-0.05, 0) is 79.7 Å². The molecule has 0 aromatic heterocycles. The van der Waals surface area contributed by atoms with E-state index < -0.39 is 21.9 Å². The highest BCUT2D eigenvalue weighted by Gasteiger charge is 2.15. The number of nitrogens with zero attached hydrogens (tertiary/aromatic N) is 1. The standard InChI is InChI=1S/C28H22ClN3O5S/c1-19-6-16-25(17-7-19)38(35,36)32-24-14-10-20(11-15-24)27(33)31-30-18-22-4-2-3-5-26(22)37-28(34)21-8-12-23(29)13-9-21/h2-18,32H,1H3,(H,31,33)/b30-18+. The van der Waals surface area contributed by atoms with Crippen LogP contribution in [0.1, 0.15) is 31.8 Å². The zero-order chi connectivity index (χ0) is 27.1. The van der Waals surface area contributed by atoms with Crippen LogP contribution in [0.5, 0.6) is 5.75 Å². The Bertz CT molecular complexity index is 1590. The highest BCUT2D eigenvalue weighted by Crippen LogP contribution is 2.19. The number of anilines is 1. The van der Waals surface area contributed by atoms with Crippen LogP contribution in [0.3, 0.4) is 0 Å². The number of halogens is 1. The molecule has 38 heavy (non-hydrogen) atoms. The van der Waals surface area contributed by atoms with E-state index in [0.29, 0.717) is 21.8 Å². The first-order valence-electron chi connectivity index (χ1n) is 11.3. The lowest BCUT2D eigenvalue weighted by atomic mass is 10.2. The summed E-state index contributed by atoms with van der Waals surface area (Å²) in [6.45, 7) is 1.87.